The average molecular weight is 459 g/mol. The van der Waals surface area contributed by atoms with E-state index < -0.39 is 0 Å². The van der Waals surface area contributed by atoms with Crippen LogP contribution in [0.4, 0.5) is 0 Å². The largest absolute Gasteiger partial charge is 0.493 e. The van der Waals surface area contributed by atoms with Gasteiger partial charge in [-0.05, 0) is 30.5 Å². The Kier molecular flexibility index (Phi) is 8.55. The van der Waals surface area contributed by atoms with Crippen molar-refractivity contribution < 1.29 is 9.47 Å². The molecule has 0 saturated carbocycles. The summed E-state index contributed by atoms with van der Waals surface area (Å²) in [6.07, 6.45) is 6.52. The van der Waals surface area contributed by atoms with E-state index in [1.54, 1.807) is 21.3 Å². The molecule has 0 spiro atoms. The summed E-state index contributed by atoms with van der Waals surface area (Å²) in [7, 11) is 5.12. The fourth-order valence-corrected chi connectivity index (χ4v) is 2.79. The second-order valence-electron chi connectivity index (χ2n) is 6.66. The van der Waals surface area contributed by atoms with Gasteiger partial charge in [-0.15, -0.1) is 24.0 Å². The van der Waals surface area contributed by atoms with Gasteiger partial charge in [-0.2, -0.15) is 0 Å². The number of rotatable bonds is 6. The van der Waals surface area contributed by atoms with Crippen molar-refractivity contribution in [1.29, 1.82) is 0 Å². The molecule has 0 atom stereocenters. The maximum atomic E-state index is 5.42. The van der Waals surface area contributed by atoms with Gasteiger partial charge in [0.05, 0.1) is 14.2 Å². The van der Waals surface area contributed by atoms with Crippen LogP contribution >= 0.6 is 24.0 Å². The van der Waals surface area contributed by atoms with Gasteiger partial charge in [-0.1, -0.05) is 32.1 Å². The van der Waals surface area contributed by atoms with Crippen LogP contribution in [0.2, 0.25) is 0 Å². The molecule has 0 bridgehead atoms. The van der Waals surface area contributed by atoms with E-state index in [2.05, 4.69) is 47.7 Å². The number of ether oxygens (including phenoxy) is 2. The molecule has 0 unspecified atom stereocenters. The molecule has 25 heavy (non-hydrogen) atoms. The minimum absolute atomic E-state index is 0. The van der Waals surface area contributed by atoms with Crippen LogP contribution < -0.4 is 20.1 Å². The van der Waals surface area contributed by atoms with Crippen molar-refractivity contribution in [2.45, 2.75) is 38.1 Å². The van der Waals surface area contributed by atoms with Crippen LogP contribution in [0.1, 0.15) is 32.3 Å². The maximum absolute atomic E-state index is 5.42. The van der Waals surface area contributed by atoms with Crippen molar-refractivity contribution in [3.8, 4) is 11.5 Å². The van der Waals surface area contributed by atoms with Crippen LogP contribution in [-0.4, -0.2) is 39.8 Å². The van der Waals surface area contributed by atoms with Crippen LogP contribution in [0.3, 0.4) is 0 Å². The number of methoxy groups -OCH3 is 2. The van der Waals surface area contributed by atoms with Crippen LogP contribution in [0.15, 0.2) is 35.3 Å². The van der Waals surface area contributed by atoms with Crippen molar-refractivity contribution in [3.63, 3.8) is 0 Å². The van der Waals surface area contributed by atoms with Crippen molar-refractivity contribution in [3.05, 3.63) is 35.9 Å². The minimum Gasteiger partial charge on any atom is -0.493 e. The van der Waals surface area contributed by atoms with E-state index in [0.29, 0.717) is 6.04 Å². The molecule has 1 aromatic carbocycles. The number of halogens is 1. The summed E-state index contributed by atoms with van der Waals surface area (Å²) in [4.78, 5) is 4.33. The van der Waals surface area contributed by atoms with Crippen LogP contribution in [0.5, 0.6) is 11.5 Å². The standard InChI is InChI=1S/C19H29N3O2.HI/c1-19(2,14-10-11-16(23-4)17(12-14)24-5)13-21-18(20-3)22-15-8-6-7-9-15;/h6-7,10-12,15H,8-9,13H2,1-5H3,(H2,20,21,22);1H. The fourth-order valence-electron chi connectivity index (χ4n) is 2.79. The Labute approximate surface area is 168 Å². The smallest absolute Gasteiger partial charge is 0.191 e. The molecule has 1 aliphatic rings. The predicted octanol–water partition coefficient (Wildman–Crippen LogP) is 3.48. The fraction of sp³-hybridized carbons (Fsp3) is 0.526. The van der Waals surface area contributed by atoms with E-state index in [0.717, 1.165) is 36.8 Å². The molecule has 0 aliphatic heterocycles. The van der Waals surface area contributed by atoms with Crippen molar-refractivity contribution in [2.24, 2.45) is 4.99 Å². The highest BCUT2D eigenvalue weighted by molar-refractivity contribution is 14.0. The molecule has 0 radical (unpaired) electrons. The summed E-state index contributed by atoms with van der Waals surface area (Å²) >= 11 is 0. The van der Waals surface area contributed by atoms with Gasteiger partial charge in [0.2, 0.25) is 0 Å². The zero-order valence-corrected chi connectivity index (χ0v) is 18.1. The van der Waals surface area contributed by atoms with Crippen molar-refractivity contribution >= 4 is 29.9 Å². The first-order valence-electron chi connectivity index (χ1n) is 8.35. The molecule has 0 heterocycles. The molecule has 0 saturated heterocycles. The zero-order valence-electron chi connectivity index (χ0n) is 15.8. The Bertz CT molecular complexity index is 607. The monoisotopic (exact) mass is 459 g/mol. The Morgan fingerprint density at radius 3 is 2.36 bits per heavy atom. The average Bonchev–Trinajstić information content (AvgIpc) is 3.10. The normalized spacial score (nSPS) is 14.8. The first-order chi connectivity index (χ1) is 11.5. The molecule has 0 aromatic heterocycles. The summed E-state index contributed by atoms with van der Waals surface area (Å²) in [5.41, 5.74) is 1.11. The number of hydrogen-bond acceptors (Lipinski definition) is 3. The number of benzene rings is 1. The van der Waals surface area contributed by atoms with E-state index in [1.165, 1.54) is 5.56 Å². The number of nitrogens with zero attached hydrogens (tertiary/aromatic N) is 1. The lowest BCUT2D eigenvalue weighted by molar-refractivity contribution is 0.353. The van der Waals surface area contributed by atoms with E-state index in [4.69, 9.17) is 9.47 Å². The lowest BCUT2D eigenvalue weighted by Gasteiger charge is -2.28. The van der Waals surface area contributed by atoms with Gasteiger partial charge in [0.25, 0.3) is 0 Å². The van der Waals surface area contributed by atoms with Crippen LogP contribution in [-0.2, 0) is 5.41 Å². The Hall–Kier alpha value is -1.44. The Balaban J connectivity index is 0.00000312. The van der Waals surface area contributed by atoms with Crippen molar-refractivity contribution in [1.82, 2.24) is 10.6 Å². The first-order valence-corrected chi connectivity index (χ1v) is 8.35. The van der Waals surface area contributed by atoms with E-state index in [9.17, 15) is 0 Å². The van der Waals surface area contributed by atoms with Crippen LogP contribution in [0, 0.1) is 0 Å². The third-order valence-corrected chi connectivity index (χ3v) is 4.44. The number of aliphatic imine (C=N–C) groups is 1. The van der Waals surface area contributed by atoms with Crippen LogP contribution in [0.25, 0.3) is 0 Å². The molecule has 0 fully saturated rings. The molecular weight excluding hydrogens is 429 g/mol. The van der Waals surface area contributed by atoms with Crippen molar-refractivity contribution in [2.75, 3.05) is 27.8 Å². The molecule has 2 rings (SSSR count). The van der Waals surface area contributed by atoms with Gasteiger partial charge in [-0.25, -0.2) is 0 Å². The third kappa shape index (κ3) is 5.80. The molecule has 2 N–H and O–H groups in total. The number of nitrogens with one attached hydrogen (secondary N) is 2. The minimum atomic E-state index is -0.0783. The summed E-state index contributed by atoms with van der Waals surface area (Å²) < 4.78 is 10.7. The van der Waals surface area contributed by atoms with E-state index in [1.807, 2.05) is 12.1 Å². The Morgan fingerprint density at radius 1 is 1.16 bits per heavy atom. The second kappa shape index (κ2) is 9.89. The maximum Gasteiger partial charge on any atom is 0.191 e. The highest BCUT2D eigenvalue weighted by Gasteiger charge is 2.23. The van der Waals surface area contributed by atoms with E-state index in [-0.39, 0.29) is 29.4 Å². The summed E-state index contributed by atoms with van der Waals surface area (Å²) in [6, 6.07) is 6.52. The predicted molar refractivity (Wildman–Crippen MR) is 115 cm³/mol. The quantitative estimate of drug-likeness (QED) is 0.296. The van der Waals surface area contributed by atoms with Gasteiger partial charge >= 0.3 is 0 Å². The highest BCUT2D eigenvalue weighted by Crippen LogP contribution is 2.32. The zero-order chi connectivity index (χ0) is 17.6. The molecule has 1 aliphatic carbocycles. The molecule has 1 aromatic rings. The molecule has 140 valence electrons. The topological polar surface area (TPSA) is 54.9 Å². The van der Waals surface area contributed by atoms with Gasteiger partial charge in [0, 0.05) is 25.0 Å². The van der Waals surface area contributed by atoms with Gasteiger partial charge in [0.15, 0.2) is 17.5 Å². The summed E-state index contributed by atoms with van der Waals surface area (Å²) in [5.74, 6) is 2.34. The lowest BCUT2D eigenvalue weighted by atomic mass is 9.84. The van der Waals surface area contributed by atoms with E-state index >= 15 is 0 Å². The number of guanidine groups is 1. The lowest BCUT2D eigenvalue weighted by Crippen LogP contribution is -2.46. The molecule has 5 nitrogen and oxygen atoms in total. The highest BCUT2D eigenvalue weighted by atomic mass is 127. The third-order valence-electron chi connectivity index (χ3n) is 4.44. The molecule has 6 heteroatoms. The molecular formula is C19H30IN3O2. The number of hydrogen-bond donors (Lipinski definition) is 2. The summed E-state index contributed by atoms with van der Waals surface area (Å²) in [5, 5.41) is 6.90. The molecule has 0 amide bonds. The summed E-state index contributed by atoms with van der Waals surface area (Å²) in [6.45, 7) is 5.17. The second-order valence-corrected chi connectivity index (χ2v) is 6.66. The van der Waals surface area contributed by atoms with Gasteiger partial charge in [-0.3, -0.25) is 4.99 Å². The Morgan fingerprint density at radius 2 is 1.80 bits per heavy atom. The van der Waals surface area contributed by atoms with Gasteiger partial charge < -0.3 is 20.1 Å². The SMILES string of the molecule is CN=C(NCC(C)(C)c1ccc(OC)c(OC)c1)NC1CC=CC1.I. The van der Waals surface area contributed by atoms with Gasteiger partial charge in [0.1, 0.15) is 0 Å². The first kappa shape index (κ1) is 21.6.